The lowest BCUT2D eigenvalue weighted by Gasteiger charge is -2.17. The fourth-order valence-corrected chi connectivity index (χ4v) is 1.43. The van der Waals surface area contributed by atoms with Gasteiger partial charge in [-0.3, -0.25) is 0 Å². The maximum absolute atomic E-state index is 13.1. The highest BCUT2D eigenvalue weighted by molar-refractivity contribution is 5.35. The van der Waals surface area contributed by atoms with Gasteiger partial charge in [-0.2, -0.15) is 5.26 Å². The molecule has 0 radical (unpaired) electrons. The molecule has 18 heavy (non-hydrogen) atoms. The zero-order chi connectivity index (χ0) is 13.5. The molecule has 0 saturated heterocycles. The van der Waals surface area contributed by atoms with E-state index in [0.717, 1.165) is 6.07 Å². The van der Waals surface area contributed by atoms with E-state index in [1.807, 2.05) is 0 Å². The smallest absolute Gasteiger partial charge is 0.140 e. The Morgan fingerprint density at radius 1 is 1.50 bits per heavy atom. The minimum absolute atomic E-state index is 0.0427. The summed E-state index contributed by atoms with van der Waals surface area (Å²) in [6, 6.07) is 5.17. The average molecular weight is 250 g/mol. The van der Waals surface area contributed by atoms with E-state index >= 15 is 0 Å². The molecule has 1 aromatic rings. The highest BCUT2D eigenvalue weighted by Gasteiger charge is 2.19. The molecule has 6 nitrogen and oxygen atoms in total. The van der Waals surface area contributed by atoms with Crippen LogP contribution in [0.3, 0.4) is 0 Å². The van der Waals surface area contributed by atoms with Crippen LogP contribution in [0.1, 0.15) is 23.7 Å². The lowest BCUT2D eigenvalue weighted by atomic mass is 10.0. The molecule has 0 aliphatic carbocycles. The van der Waals surface area contributed by atoms with Crippen molar-refractivity contribution in [3.63, 3.8) is 0 Å². The van der Waals surface area contributed by atoms with Crippen LogP contribution in [0.4, 0.5) is 4.39 Å². The molecule has 1 aromatic carbocycles. The van der Waals surface area contributed by atoms with Gasteiger partial charge in [0.05, 0.1) is 11.7 Å². The number of rotatable bonds is 5. The zero-order valence-corrected chi connectivity index (χ0v) is 9.36. The molecule has 0 saturated carbocycles. The Balaban J connectivity index is 2.80. The summed E-state index contributed by atoms with van der Waals surface area (Å²) in [7, 11) is 0. The molecule has 2 atom stereocenters. The molecule has 7 heteroatoms. The van der Waals surface area contributed by atoms with Gasteiger partial charge in [0.1, 0.15) is 18.0 Å². The molecule has 94 valence electrons. The van der Waals surface area contributed by atoms with Crippen molar-refractivity contribution in [1.29, 1.82) is 5.26 Å². The summed E-state index contributed by atoms with van der Waals surface area (Å²) >= 11 is 0. The van der Waals surface area contributed by atoms with Gasteiger partial charge in [0.25, 0.3) is 0 Å². The third-order valence-electron chi connectivity index (χ3n) is 2.40. The number of nitrogens with zero attached hydrogens (tertiary/aromatic N) is 4. The Labute approximate surface area is 103 Å². The van der Waals surface area contributed by atoms with E-state index in [0.29, 0.717) is 0 Å². The largest absolute Gasteiger partial charge is 0.390 e. The summed E-state index contributed by atoms with van der Waals surface area (Å²) in [6.45, 7) is 0.0427. The molecule has 2 N–H and O–H groups in total. The van der Waals surface area contributed by atoms with E-state index in [1.165, 1.54) is 12.1 Å². The van der Waals surface area contributed by atoms with Gasteiger partial charge in [-0.25, -0.2) is 4.39 Å². The normalized spacial score (nSPS) is 13.2. The number of aliphatic hydroxyl groups excluding tert-OH is 2. The number of nitriles is 1. The van der Waals surface area contributed by atoms with Crippen molar-refractivity contribution in [3.05, 3.63) is 45.6 Å². The molecular formula is C11H11FN4O2. The van der Waals surface area contributed by atoms with Crippen molar-refractivity contribution in [2.24, 2.45) is 5.11 Å². The topological polar surface area (TPSA) is 113 Å². The third-order valence-corrected chi connectivity index (χ3v) is 2.40. The van der Waals surface area contributed by atoms with Crippen LogP contribution in [0, 0.1) is 17.1 Å². The number of halogens is 1. The fraction of sp³-hybridized carbons (Fsp3) is 0.364. The predicted octanol–water partition coefficient (Wildman–Crippen LogP) is 1.79. The number of aliphatic hydroxyl groups is 2. The predicted molar refractivity (Wildman–Crippen MR) is 60.7 cm³/mol. The van der Waals surface area contributed by atoms with Crippen molar-refractivity contribution < 1.29 is 14.6 Å². The average Bonchev–Trinajstić information content (AvgIpc) is 2.38. The van der Waals surface area contributed by atoms with Crippen molar-refractivity contribution in [1.82, 2.24) is 0 Å². The van der Waals surface area contributed by atoms with Gasteiger partial charge in [0.15, 0.2) is 0 Å². The maximum Gasteiger partial charge on any atom is 0.140 e. The fourth-order valence-electron chi connectivity index (χ4n) is 1.43. The van der Waals surface area contributed by atoms with Crippen LogP contribution >= 0.6 is 0 Å². The molecule has 0 amide bonds. The van der Waals surface area contributed by atoms with Crippen molar-refractivity contribution >= 4 is 0 Å². The van der Waals surface area contributed by atoms with E-state index in [1.54, 1.807) is 6.07 Å². The molecule has 0 bridgehead atoms. The van der Waals surface area contributed by atoms with Crippen molar-refractivity contribution in [2.45, 2.75) is 18.6 Å². The van der Waals surface area contributed by atoms with Gasteiger partial charge in [-0.1, -0.05) is 11.2 Å². The van der Waals surface area contributed by atoms with Gasteiger partial charge in [-0.05, 0) is 29.6 Å². The van der Waals surface area contributed by atoms with Gasteiger partial charge in [0.2, 0.25) is 0 Å². The molecule has 0 aliphatic rings. The first-order valence-corrected chi connectivity index (χ1v) is 5.16. The third kappa shape index (κ3) is 3.43. The van der Waals surface area contributed by atoms with Crippen LogP contribution in [0.5, 0.6) is 0 Å². The van der Waals surface area contributed by atoms with E-state index in [4.69, 9.17) is 10.8 Å². The zero-order valence-electron chi connectivity index (χ0n) is 9.36. The highest BCUT2D eigenvalue weighted by atomic mass is 19.1. The van der Waals surface area contributed by atoms with E-state index in [2.05, 4.69) is 10.0 Å². The quantitative estimate of drug-likeness (QED) is 0.471. The van der Waals surface area contributed by atoms with Gasteiger partial charge >= 0.3 is 0 Å². The summed E-state index contributed by atoms with van der Waals surface area (Å²) in [4.78, 5) is 2.52. The number of benzene rings is 1. The molecule has 0 spiro atoms. The van der Waals surface area contributed by atoms with Crippen LogP contribution in [-0.4, -0.2) is 22.9 Å². The van der Waals surface area contributed by atoms with E-state index < -0.39 is 18.0 Å². The molecule has 0 heterocycles. The summed E-state index contributed by atoms with van der Waals surface area (Å²) in [5.41, 5.74) is 8.11. The molecule has 2 unspecified atom stereocenters. The van der Waals surface area contributed by atoms with Crippen LogP contribution in [0.15, 0.2) is 23.3 Å². The minimum atomic E-state index is -1.26. The highest BCUT2D eigenvalue weighted by Crippen LogP contribution is 2.21. The lowest BCUT2D eigenvalue weighted by Crippen LogP contribution is -2.19. The van der Waals surface area contributed by atoms with Crippen LogP contribution in [0.25, 0.3) is 10.4 Å². The van der Waals surface area contributed by atoms with Gasteiger partial charge < -0.3 is 10.2 Å². The minimum Gasteiger partial charge on any atom is -0.390 e. The first-order valence-electron chi connectivity index (χ1n) is 5.16. The summed E-state index contributed by atoms with van der Waals surface area (Å²) in [5.74, 6) is -0.683. The van der Waals surface area contributed by atoms with E-state index in [-0.39, 0.29) is 24.1 Å². The van der Waals surface area contributed by atoms with E-state index in [9.17, 15) is 14.6 Å². The summed E-state index contributed by atoms with van der Waals surface area (Å²) in [6.07, 6.45) is -2.33. The standard InChI is InChI=1S/C11H11FN4O2/c12-9-2-1-7(5-8(9)6-13)11(18)10(17)3-4-15-16-14/h1-2,5,10-11,17-18H,3-4H2. The Hall–Kier alpha value is -2.13. The molecule has 0 aliphatic heterocycles. The molecule has 0 aromatic heterocycles. The summed E-state index contributed by atoms with van der Waals surface area (Å²) < 4.78 is 13.1. The second-order valence-electron chi connectivity index (χ2n) is 3.61. The Kier molecular flexibility index (Phi) is 5.08. The Morgan fingerprint density at radius 2 is 2.22 bits per heavy atom. The maximum atomic E-state index is 13.1. The first kappa shape index (κ1) is 13.9. The monoisotopic (exact) mass is 250 g/mol. The number of azide groups is 1. The SMILES string of the molecule is N#Cc1cc(C(O)C(O)CCN=[N+]=[N-])ccc1F. The Bertz CT molecular complexity index is 508. The Morgan fingerprint density at radius 3 is 2.83 bits per heavy atom. The lowest BCUT2D eigenvalue weighted by molar-refractivity contribution is 0.0150. The molecule has 1 rings (SSSR count). The second-order valence-corrected chi connectivity index (χ2v) is 3.61. The van der Waals surface area contributed by atoms with Gasteiger partial charge in [-0.15, -0.1) is 0 Å². The first-order chi connectivity index (χ1) is 8.60. The molecular weight excluding hydrogens is 239 g/mol. The van der Waals surface area contributed by atoms with Crippen molar-refractivity contribution in [3.8, 4) is 6.07 Å². The number of hydrogen-bond donors (Lipinski definition) is 2. The van der Waals surface area contributed by atoms with Gasteiger partial charge in [0, 0.05) is 11.5 Å². The van der Waals surface area contributed by atoms with Crippen LogP contribution < -0.4 is 0 Å². The summed E-state index contributed by atoms with van der Waals surface area (Å²) in [5, 5.41) is 31.3. The van der Waals surface area contributed by atoms with Crippen LogP contribution in [0.2, 0.25) is 0 Å². The number of hydrogen-bond acceptors (Lipinski definition) is 4. The van der Waals surface area contributed by atoms with Crippen LogP contribution in [-0.2, 0) is 0 Å². The van der Waals surface area contributed by atoms with Crippen molar-refractivity contribution in [2.75, 3.05) is 6.54 Å². The molecule has 0 fully saturated rings. The second kappa shape index (κ2) is 6.57.